The van der Waals surface area contributed by atoms with E-state index in [1.165, 1.54) is 4.90 Å². The highest BCUT2D eigenvalue weighted by atomic mass is 16.5. The molecule has 26 heavy (non-hydrogen) atoms. The number of benzene rings is 2. The molecule has 0 radical (unpaired) electrons. The van der Waals surface area contributed by atoms with Gasteiger partial charge in [0.25, 0.3) is 5.91 Å². The Labute approximate surface area is 151 Å². The largest absolute Gasteiger partial charge is 0.496 e. The average molecular weight is 355 g/mol. The Morgan fingerprint density at radius 1 is 1.15 bits per heavy atom. The van der Waals surface area contributed by atoms with Gasteiger partial charge >= 0.3 is 5.97 Å². The van der Waals surface area contributed by atoms with E-state index in [1.807, 2.05) is 30.3 Å². The third-order valence-corrected chi connectivity index (χ3v) is 4.65. The van der Waals surface area contributed by atoms with Crippen LogP contribution in [0, 0.1) is 0 Å². The van der Waals surface area contributed by atoms with E-state index in [9.17, 15) is 19.8 Å². The normalized spacial score (nSPS) is 19.8. The van der Waals surface area contributed by atoms with Crippen molar-refractivity contribution in [1.29, 1.82) is 0 Å². The van der Waals surface area contributed by atoms with Gasteiger partial charge in [-0.05, 0) is 30.2 Å². The van der Waals surface area contributed by atoms with Gasteiger partial charge < -0.3 is 19.8 Å². The molecule has 3 rings (SSSR count). The van der Waals surface area contributed by atoms with Crippen LogP contribution in [0.4, 0.5) is 0 Å². The van der Waals surface area contributed by atoms with Crippen molar-refractivity contribution < 1.29 is 24.5 Å². The lowest BCUT2D eigenvalue weighted by Gasteiger charge is -2.35. The highest BCUT2D eigenvalue weighted by molar-refractivity contribution is 5.98. The zero-order valence-electron chi connectivity index (χ0n) is 14.5. The zero-order chi connectivity index (χ0) is 18.7. The Morgan fingerprint density at radius 3 is 2.65 bits per heavy atom. The lowest BCUT2D eigenvalue weighted by molar-refractivity contribution is -0.145. The molecule has 1 amide bonds. The standard InChI is InChI=1S/C20H21NO5/c1-26-18-8-3-2-7-16(18)13-5-4-6-14(11-13)19(23)21-10-9-15(22)12-17(21)20(24)25/h2-8,11,15,17,22H,9-10,12H2,1H3,(H,24,25)/t15-,17+/m0/s1. The van der Waals surface area contributed by atoms with E-state index in [2.05, 4.69) is 0 Å². The van der Waals surface area contributed by atoms with Gasteiger partial charge in [-0.15, -0.1) is 0 Å². The molecule has 1 saturated heterocycles. The minimum atomic E-state index is -1.10. The summed E-state index contributed by atoms with van der Waals surface area (Å²) in [6, 6.07) is 13.5. The molecular weight excluding hydrogens is 334 g/mol. The predicted molar refractivity (Wildman–Crippen MR) is 96.1 cm³/mol. The van der Waals surface area contributed by atoms with Gasteiger partial charge in [-0.25, -0.2) is 4.79 Å². The van der Waals surface area contributed by atoms with Gasteiger partial charge in [-0.3, -0.25) is 4.79 Å². The van der Waals surface area contributed by atoms with E-state index in [-0.39, 0.29) is 18.9 Å². The number of carbonyl (C=O) groups is 2. The molecule has 0 aliphatic carbocycles. The molecule has 0 unspecified atom stereocenters. The Bertz CT molecular complexity index is 819. The van der Waals surface area contributed by atoms with Crippen molar-refractivity contribution in [2.45, 2.75) is 25.0 Å². The zero-order valence-corrected chi connectivity index (χ0v) is 14.5. The SMILES string of the molecule is COc1ccccc1-c1cccc(C(=O)N2CC[C@H](O)C[C@@H]2C(=O)O)c1. The number of amides is 1. The second-order valence-corrected chi connectivity index (χ2v) is 6.31. The number of carbonyl (C=O) groups excluding carboxylic acids is 1. The van der Waals surface area contributed by atoms with Crippen molar-refractivity contribution >= 4 is 11.9 Å². The van der Waals surface area contributed by atoms with Crippen LogP contribution in [-0.2, 0) is 4.79 Å². The molecule has 0 saturated carbocycles. The molecule has 1 fully saturated rings. The summed E-state index contributed by atoms with van der Waals surface area (Å²) >= 11 is 0. The number of nitrogens with zero attached hydrogens (tertiary/aromatic N) is 1. The molecular formula is C20H21NO5. The third-order valence-electron chi connectivity index (χ3n) is 4.65. The number of likely N-dealkylation sites (tertiary alicyclic amines) is 1. The first kappa shape index (κ1) is 17.9. The highest BCUT2D eigenvalue weighted by Gasteiger charge is 2.36. The number of aliphatic hydroxyl groups is 1. The summed E-state index contributed by atoms with van der Waals surface area (Å²) in [5.74, 6) is -0.749. The molecule has 1 aliphatic heterocycles. The average Bonchev–Trinajstić information content (AvgIpc) is 2.67. The van der Waals surface area contributed by atoms with Crippen molar-refractivity contribution in [3.63, 3.8) is 0 Å². The number of rotatable bonds is 4. The maximum Gasteiger partial charge on any atom is 0.326 e. The van der Waals surface area contributed by atoms with Gasteiger partial charge in [-0.2, -0.15) is 0 Å². The highest BCUT2D eigenvalue weighted by Crippen LogP contribution is 2.30. The number of hydrogen-bond acceptors (Lipinski definition) is 4. The number of ether oxygens (including phenoxy) is 1. The predicted octanol–water partition coefficient (Wildman–Crippen LogP) is 2.41. The van der Waals surface area contributed by atoms with Gasteiger partial charge in [0.05, 0.1) is 13.2 Å². The van der Waals surface area contributed by atoms with Crippen LogP contribution in [0.15, 0.2) is 48.5 Å². The number of carboxylic acid groups (broad SMARTS) is 1. The second kappa shape index (κ2) is 7.58. The number of hydrogen-bond donors (Lipinski definition) is 2. The molecule has 1 aliphatic rings. The first-order chi connectivity index (χ1) is 12.5. The lowest BCUT2D eigenvalue weighted by atomic mass is 9.97. The monoisotopic (exact) mass is 355 g/mol. The first-order valence-corrected chi connectivity index (χ1v) is 8.46. The fourth-order valence-corrected chi connectivity index (χ4v) is 3.29. The van der Waals surface area contributed by atoms with E-state index in [0.29, 0.717) is 17.7 Å². The van der Waals surface area contributed by atoms with Crippen LogP contribution in [0.5, 0.6) is 5.75 Å². The first-order valence-electron chi connectivity index (χ1n) is 8.46. The minimum absolute atomic E-state index is 0.0489. The molecule has 0 bridgehead atoms. The Morgan fingerprint density at radius 2 is 1.92 bits per heavy atom. The van der Waals surface area contributed by atoms with Gasteiger partial charge in [0, 0.05) is 24.1 Å². The fourth-order valence-electron chi connectivity index (χ4n) is 3.29. The number of aliphatic carboxylic acids is 1. The smallest absolute Gasteiger partial charge is 0.326 e. The van der Waals surface area contributed by atoms with Crippen LogP contribution in [0.1, 0.15) is 23.2 Å². The van der Waals surface area contributed by atoms with Gasteiger partial charge in [0.2, 0.25) is 0 Å². The van der Waals surface area contributed by atoms with Crippen LogP contribution in [0.2, 0.25) is 0 Å². The van der Waals surface area contributed by atoms with Crippen molar-refractivity contribution in [1.82, 2.24) is 4.90 Å². The van der Waals surface area contributed by atoms with Crippen molar-refractivity contribution in [2.75, 3.05) is 13.7 Å². The maximum absolute atomic E-state index is 12.9. The summed E-state index contributed by atoms with van der Waals surface area (Å²) in [5.41, 5.74) is 2.08. The summed E-state index contributed by atoms with van der Waals surface area (Å²) in [4.78, 5) is 25.7. The van der Waals surface area contributed by atoms with Crippen LogP contribution >= 0.6 is 0 Å². The second-order valence-electron chi connectivity index (χ2n) is 6.31. The quantitative estimate of drug-likeness (QED) is 0.879. The molecule has 1 heterocycles. The number of para-hydroxylation sites is 1. The number of piperidine rings is 1. The third kappa shape index (κ3) is 3.55. The Hall–Kier alpha value is -2.86. The molecule has 0 aromatic heterocycles. The van der Waals surface area contributed by atoms with E-state index in [4.69, 9.17) is 4.74 Å². The Balaban J connectivity index is 1.92. The van der Waals surface area contributed by atoms with Gasteiger partial charge in [-0.1, -0.05) is 30.3 Å². The molecule has 136 valence electrons. The summed E-state index contributed by atoms with van der Waals surface area (Å²) in [6.45, 7) is 0.218. The van der Waals surface area contributed by atoms with Crippen molar-refractivity contribution in [3.8, 4) is 16.9 Å². The Kier molecular flexibility index (Phi) is 5.23. The number of aliphatic hydroxyl groups excluding tert-OH is 1. The van der Waals surface area contributed by atoms with Gasteiger partial charge in [0.15, 0.2) is 0 Å². The summed E-state index contributed by atoms with van der Waals surface area (Å²) in [6.07, 6.45) is -0.269. The molecule has 2 atom stereocenters. The van der Waals surface area contributed by atoms with Crippen molar-refractivity contribution in [2.24, 2.45) is 0 Å². The summed E-state index contributed by atoms with van der Waals surface area (Å²) in [5, 5.41) is 19.1. The van der Waals surface area contributed by atoms with Crippen molar-refractivity contribution in [3.05, 3.63) is 54.1 Å². The van der Waals surface area contributed by atoms with E-state index < -0.39 is 18.1 Å². The van der Waals surface area contributed by atoms with Crippen LogP contribution in [0.3, 0.4) is 0 Å². The molecule has 6 nitrogen and oxygen atoms in total. The van der Waals surface area contributed by atoms with E-state index in [1.54, 1.807) is 25.3 Å². The molecule has 6 heteroatoms. The molecule has 0 spiro atoms. The number of methoxy groups -OCH3 is 1. The summed E-state index contributed by atoms with van der Waals surface area (Å²) < 4.78 is 5.38. The maximum atomic E-state index is 12.9. The summed E-state index contributed by atoms with van der Waals surface area (Å²) in [7, 11) is 1.59. The molecule has 2 aromatic carbocycles. The van der Waals surface area contributed by atoms with Crippen LogP contribution in [0.25, 0.3) is 11.1 Å². The van der Waals surface area contributed by atoms with E-state index >= 15 is 0 Å². The minimum Gasteiger partial charge on any atom is -0.496 e. The topological polar surface area (TPSA) is 87.1 Å². The fraction of sp³-hybridized carbons (Fsp3) is 0.300. The molecule has 2 N–H and O–H groups in total. The molecule has 2 aromatic rings. The van der Waals surface area contributed by atoms with Crippen LogP contribution in [-0.4, -0.2) is 52.8 Å². The number of carboxylic acids is 1. The van der Waals surface area contributed by atoms with Crippen LogP contribution < -0.4 is 4.74 Å². The van der Waals surface area contributed by atoms with Gasteiger partial charge in [0.1, 0.15) is 11.8 Å². The van der Waals surface area contributed by atoms with E-state index in [0.717, 1.165) is 11.1 Å². The lowest BCUT2D eigenvalue weighted by Crippen LogP contribution is -2.51.